The lowest BCUT2D eigenvalue weighted by atomic mass is 9.87. The molecule has 0 saturated carbocycles. The minimum Gasteiger partial charge on any atom is -0.299 e. The lowest BCUT2D eigenvalue weighted by Gasteiger charge is -2.18. The highest BCUT2D eigenvalue weighted by atomic mass is 16.1. The van der Waals surface area contributed by atoms with Gasteiger partial charge in [0.2, 0.25) is 0 Å². The number of carbonyl (C=O) groups is 1. The van der Waals surface area contributed by atoms with Crippen molar-refractivity contribution in [2.45, 2.75) is 66.2 Å². The van der Waals surface area contributed by atoms with Crippen molar-refractivity contribution < 1.29 is 4.79 Å². The molecule has 84 valence electrons. The number of Topliss-reactive ketones (excluding diaryl/α,β-unsaturated/α-hetero) is 1. The average Bonchev–Trinajstić information content (AvgIpc) is 2.22. The molecule has 0 bridgehead atoms. The van der Waals surface area contributed by atoms with Crippen molar-refractivity contribution in [1.29, 1.82) is 0 Å². The Morgan fingerprint density at radius 2 is 1.86 bits per heavy atom. The van der Waals surface area contributed by atoms with Gasteiger partial charge in [-0.05, 0) is 12.3 Å². The summed E-state index contributed by atoms with van der Waals surface area (Å²) in [5.74, 6) is 1.47. The predicted octanol–water partition coefficient (Wildman–Crippen LogP) is 4.21. The Labute approximate surface area is 89.3 Å². The second kappa shape index (κ2) is 8.02. The van der Waals surface area contributed by atoms with Crippen LogP contribution in [0.5, 0.6) is 0 Å². The fourth-order valence-electron chi connectivity index (χ4n) is 1.96. The molecule has 0 aliphatic carbocycles. The summed E-state index contributed by atoms with van der Waals surface area (Å²) in [5, 5.41) is 0. The van der Waals surface area contributed by atoms with Crippen LogP contribution in [0.15, 0.2) is 0 Å². The van der Waals surface area contributed by atoms with Crippen molar-refractivity contribution in [3.8, 4) is 0 Å². The molecule has 0 aromatic rings. The normalized spacial score (nSPS) is 15.1. The Morgan fingerprint density at radius 1 is 1.21 bits per heavy atom. The van der Waals surface area contributed by atoms with Gasteiger partial charge in [-0.1, -0.05) is 53.4 Å². The van der Waals surface area contributed by atoms with E-state index in [1.165, 1.54) is 25.7 Å². The van der Waals surface area contributed by atoms with Gasteiger partial charge in [0.15, 0.2) is 0 Å². The molecule has 2 atom stereocenters. The van der Waals surface area contributed by atoms with Gasteiger partial charge in [-0.2, -0.15) is 0 Å². The summed E-state index contributed by atoms with van der Waals surface area (Å²) in [5.41, 5.74) is 0. The van der Waals surface area contributed by atoms with Crippen LogP contribution in [-0.2, 0) is 4.79 Å². The average molecular weight is 198 g/mol. The zero-order valence-corrected chi connectivity index (χ0v) is 10.3. The third-order valence-electron chi connectivity index (χ3n) is 3.13. The van der Waals surface area contributed by atoms with E-state index < -0.39 is 0 Å². The third-order valence-corrected chi connectivity index (χ3v) is 3.13. The monoisotopic (exact) mass is 198 g/mol. The minimum absolute atomic E-state index is 0.279. The SMILES string of the molecule is CCCCC(CC)CC(C)C(=O)CC. The van der Waals surface area contributed by atoms with Gasteiger partial charge in [0, 0.05) is 12.3 Å². The second-order valence-electron chi connectivity index (χ2n) is 4.37. The predicted molar refractivity (Wildman–Crippen MR) is 62.4 cm³/mol. The Kier molecular flexibility index (Phi) is 7.83. The van der Waals surface area contributed by atoms with Crippen molar-refractivity contribution in [2.24, 2.45) is 11.8 Å². The van der Waals surface area contributed by atoms with E-state index in [0.29, 0.717) is 12.2 Å². The van der Waals surface area contributed by atoms with Crippen LogP contribution >= 0.6 is 0 Å². The number of ketones is 1. The lowest BCUT2D eigenvalue weighted by Crippen LogP contribution is -2.14. The maximum absolute atomic E-state index is 11.4. The van der Waals surface area contributed by atoms with Gasteiger partial charge < -0.3 is 0 Å². The Bertz CT molecular complexity index is 151. The quantitative estimate of drug-likeness (QED) is 0.571. The summed E-state index contributed by atoms with van der Waals surface area (Å²) in [6, 6.07) is 0. The summed E-state index contributed by atoms with van der Waals surface area (Å²) >= 11 is 0. The first-order chi connectivity index (χ1) is 6.65. The molecule has 0 rings (SSSR count). The molecule has 0 aromatic carbocycles. The maximum Gasteiger partial charge on any atom is 0.135 e. The van der Waals surface area contributed by atoms with Crippen LogP contribution in [0.25, 0.3) is 0 Å². The van der Waals surface area contributed by atoms with Gasteiger partial charge in [0.1, 0.15) is 5.78 Å². The summed E-state index contributed by atoms with van der Waals surface area (Å²) in [6.45, 7) is 8.52. The highest BCUT2D eigenvalue weighted by Crippen LogP contribution is 2.22. The zero-order valence-electron chi connectivity index (χ0n) is 10.3. The van der Waals surface area contributed by atoms with Gasteiger partial charge in [0.25, 0.3) is 0 Å². The zero-order chi connectivity index (χ0) is 11.0. The van der Waals surface area contributed by atoms with E-state index in [4.69, 9.17) is 0 Å². The van der Waals surface area contributed by atoms with E-state index in [1.807, 2.05) is 6.92 Å². The first-order valence-corrected chi connectivity index (χ1v) is 6.18. The van der Waals surface area contributed by atoms with Crippen LogP contribution in [0.4, 0.5) is 0 Å². The van der Waals surface area contributed by atoms with Crippen molar-refractivity contribution in [2.75, 3.05) is 0 Å². The molecular formula is C13H26O. The fourth-order valence-corrected chi connectivity index (χ4v) is 1.96. The van der Waals surface area contributed by atoms with E-state index in [2.05, 4.69) is 20.8 Å². The van der Waals surface area contributed by atoms with Crippen molar-refractivity contribution in [3.63, 3.8) is 0 Å². The van der Waals surface area contributed by atoms with E-state index in [9.17, 15) is 4.79 Å². The number of carbonyl (C=O) groups excluding carboxylic acids is 1. The van der Waals surface area contributed by atoms with Crippen LogP contribution in [0, 0.1) is 11.8 Å². The first kappa shape index (κ1) is 13.7. The Balaban J connectivity index is 3.85. The molecule has 0 N–H and O–H groups in total. The molecule has 2 unspecified atom stereocenters. The van der Waals surface area contributed by atoms with E-state index in [-0.39, 0.29) is 5.92 Å². The van der Waals surface area contributed by atoms with Gasteiger partial charge in [-0.25, -0.2) is 0 Å². The molecule has 0 aromatic heterocycles. The molecule has 14 heavy (non-hydrogen) atoms. The molecule has 0 fully saturated rings. The maximum atomic E-state index is 11.4. The molecular weight excluding hydrogens is 172 g/mol. The molecule has 0 spiro atoms. The number of hydrogen-bond donors (Lipinski definition) is 0. The van der Waals surface area contributed by atoms with E-state index in [1.54, 1.807) is 0 Å². The van der Waals surface area contributed by atoms with Crippen LogP contribution in [0.1, 0.15) is 66.2 Å². The number of unbranched alkanes of at least 4 members (excludes halogenated alkanes) is 1. The molecule has 0 aliphatic heterocycles. The van der Waals surface area contributed by atoms with Crippen molar-refractivity contribution in [3.05, 3.63) is 0 Å². The standard InChI is InChI=1S/C13H26O/c1-5-8-9-12(6-2)10-11(4)13(14)7-3/h11-12H,5-10H2,1-4H3. The van der Waals surface area contributed by atoms with E-state index >= 15 is 0 Å². The van der Waals surface area contributed by atoms with Crippen molar-refractivity contribution >= 4 is 5.78 Å². The smallest absolute Gasteiger partial charge is 0.135 e. The van der Waals surface area contributed by atoms with Crippen LogP contribution < -0.4 is 0 Å². The molecule has 0 saturated heterocycles. The number of hydrogen-bond acceptors (Lipinski definition) is 1. The fraction of sp³-hybridized carbons (Fsp3) is 0.923. The van der Waals surface area contributed by atoms with Crippen LogP contribution in [-0.4, -0.2) is 5.78 Å². The summed E-state index contributed by atoms with van der Waals surface area (Å²) in [4.78, 5) is 11.4. The van der Waals surface area contributed by atoms with Gasteiger partial charge in [-0.3, -0.25) is 4.79 Å². The second-order valence-corrected chi connectivity index (χ2v) is 4.37. The van der Waals surface area contributed by atoms with Crippen molar-refractivity contribution in [1.82, 2.24) is 0 Å². The molecule has 0 aliphatic rings. The third kappa shape index (κ3) is 5.41. The highest BCUT2D eigenvalue weighted by Gasteiger charge is 2.15. The summed E-state index contributed by atoms with van der Waals surface area (Å²) in [6.07, 6.45) is 6.91. The van der Waals surface area contributed by atoms with E-state index in [0.717, 1.165) is 12.3 Å². The molecule has 0 amide bonds. The topological polar surface area (TPSA) is 17.1 Å². The van der Waals surface area contributed by atoms with Gasteiger partial charge in [0.05, 0.1) is 0 Å². The highest BCUT2D eigenvalue weighted by molar-refractivity contribution is 5.80. The molecule has 1 nitrogen and oxygen atoms in total. The first-order valence-electron chi connectivity index (χ1n) is 6.18. The largest absolute Gasteiger partial charge is 0.299 e. The summed E-state index contributed by atoms with van der Waals surface area (Å²) < 4.78 is 0. The molecule has 1 heteroatoms. The Morgan fingerprint density at radius 3 is 2.29 bits per heavy atom. The van der Waals surface area contributed by atoms with Gasteiger partial charge >= 0.3 is 0 Å². The lowest BCUT2D eigenvalue weighted by molar-refractivity contribution is -0.122. The van der Waals surface area contributed by atoms with Crippen LogP contribution in [0.2, 0.25) is 0 Å². The minimum atomic E-state index is 0.279. The van der Waals surface area contributed by atoms with Crippen LogP contribution in [0.3, 0.4) is 0 Å². The Hall–Kier alpha value is -0.330. The summed E-state index contributed by atoms with van der Waals surface area (Å²) in [7, 11) is 0. The number of rotatable bonds is 8. The van der Waals surface area contributed by atoms with Gasteiger partial charge in [-0.15, -0.1) is 0 Å². The molecule has 0 radical (unpaired) electrons. The molecule has 0 heterocycles.